The lowest BCUT2D eigenvalue weighted by Gasteiger charge is -2.29. The van der Waals surface area contributed by atoms with Crippen LogP contribution < -0.4 is 25.0 Å². The molecule has 2 aliphatic heterocycles. The third-order valence-electron chi connectivity index (χ3n) is 7.77. The first-order valence-electron chi connectivity index (χ1n) is 13.7. The highest BCUT2D eigenvalue weighted by Crippen LogP contribution is 2.45. The number of benzene rings is 2. The maximum atomic E-state index is 12.4. The molecule has 0 spiro atoms. The van der Waals surface area contributed by atoms with Gasteiger partial charge < -0.3 is 29.6 Å². The van der Waals surface area contributed by atoms with Crippen molar-refractivity contribution in [2.24, 2.45) is 5.92 Å². The van der Waals surface area contributed by atoms with Gasteiger partial charge in [-0.25, -0.2) is 0 Å². The predicted octanol–water partition coefficient (Wildman–Crippen LogP) is 6.30. The van der Waals surface area contributed by atoms with Crippen LogP contribution in [-0.4, -0.2) is 27.4 Å². The third-order valence-corrected chi connectivity index (χ3v) is 8.09. The summed E-state index contributed by atoms with van der Waals surface area (Å²) >= 11 is 5.97. The fraction of sp³-hybridized carbons (Fsp3) is 0.281. The monoisotopic (exact) mass is 567 g/mol. The van der Waals surface area contributed by atoms with Crippen LogP contribution in [0.5, 0.6) is 11.5 Å². The lowest BCUT2D eigenvalue weighted by Crippen LogP contribution is -2.29. The topological polar surface area (TPSA) is 80.7 Å². The molecule has 0 aliphatic carbocycles. The molecule has 2 N–H and O–H groups in total. The smallest absolute Gasteiger partial charge is 0.231 e. The van der Waals surface area contributed by atoms with Gasteiger partial charge in [0.25, 0.3) is 0 Å². The fourth-order valence-corrected chi connectivity index (χ4v) is 6.02. The number of nitrogens with zero attached hydrogens (tertiary/aromatic N) is 3. The van der Waals surface area contributed by atoms with Crippen LogP contribution in [0.2, 0.25) is 0 Å². The minimum atomic E-state index is -0.171. The highest BCUT2D eigenvalue weighted by atomic mass is 32.1. The van der Waals surface area contributed by atoms with Gasteiger partial charge in [-0.2, -0.15) is 0 Å². The summed E-state index contributed by atoms with van der Waals surface area (Å²) in [5.74, 6) is 1.39. The molecule has 4 aromatic rings. The Kier molecular flexibility index (Phi) is 6.91. The van der Waals surface area contributed by atoms with Gasteiger partial charge in [-0.3, -0.25) is 9.78 Å². The van der Waals surface area contributed by atoms with Crippen molar-refractivity contribution in [1.29, 1.82) is 0 Å². The average Bonchev–Trinajstić information content (AvgIpc) is 3.64. The minimum Gasteiger partial charge on any atom is -0.454 e. The number of carbonyl (C=O) groups excluding carboxylic acids is 1. The Balaban J connectivity index is 1.44. The predicted molar refractivity (Wildman–Crippen MR) is 164 cm³/mol. The van der Waals surface area contributed by atoms with E-state index >= 15 is 0 Å². The van der Waals surface area contributed by atoms with Crippen molar-refractivity contribution in [1.82, 2.24) is 14.9 Å². The van der Waals surface area contributed by atoms with Gasteiger partial charge in [0.1, 0.15) is 0 Å². The van der Waals surface area contributed by atoms with Gasteiger partial charge in [-0.15, -0.1) is 0 Å². The zero-order valence-corrected chi connectivity index (χ0v) is 24.6. The molecule has 1 fully saturated rings. The molecule has 2 aliphatic rings. The van der Waals surface area contributed by atoms with E-state index in [1.54, 1.807) is 0 Å². The summed E-state index contributed by atoms with van der Waals surface area (Å²) in [5.41, 5.74) is 7.95. The molecule has 210 valence electrons. The normalized spacial score (nSPS) is 17.7. The van der Waals surface area contributed by atoms with E-state index in [0.717, 1.165) is 56.8 Å². The molecular formula is C32H33N5O3S. The molecule has 6 rings (SSSR count). The van der Waals surface area contributed by atoms with Crippen LogP contribution in [-0.2, 0) is 4.79 Å². The van der Waals surface area contributed by atoms with Crippen LogP contribution >= 0.6 is 12.2 Å². The number of pyridine rings is 1. The summed E-state index contributed by atoms with van der Waals surface area (Å²) in [6.45, 7) is 10.3. The van der Waals surface area contributed by atoms with Gasteiger partial charge in [-0.1, -0.05) is 19.9 Å². The summed E-state index contributed by atoms with van der Waals surface area (Å²) in [6.07, 6.45) is 1.81. The number of amides is 1. The molecule has 0 bridgehead atoms. The number of hydrogen-bond donors (Lipinski definition) is 2. The van der Waals surface area contributed by atoms with Crippen LogP contribution in [0.4, 0.5) is 11.4 Å². The van der Waals surface area contributed by atoms with E-state index in [0.29, 0.717) is 5.11 Å². The van der Waals surface area contributed by atoms with E-state index in [1.807, 2.05) is 69.4 Å². The van der Waals surface area contributed by atoms with Crippen LogP contribution in [0.1, 0.15) is 54.1 Å². The second-order valence-corrected chi connectivity index (χ2v) is 11.2. The molecule has 4 heterocycles. The van der Waals surface area contributed by atoms with Crippen molar-refractivity contribution in [3.05, 3.63) is 95.1 Å². The molecule has 8 nitrogen and oxygen atoms in total. The van der Waals surface area contributed by atoms with Crippen molar-refractivity contribution in [2.45, 2.75) is 46.7 Å². The van der Waals surface area contributed by atoms with Crippen molar-refractivity contribution in [3.63, 3.8) is 0 Å². The van der Waals surface area contributed by atoms with E-state index < -0.39 is 0 Å². The second kappa shape index (κ2) is 10.6. The zero-order chi connectivity index (χ0) is 28.8. The second-order valence-electron chi connectivity index (χ2n) is 10.8. The largest absolute Gasteiger partial charge is 0.454 e. The fourth-order valence-electron chi connectivity index (χ4n) is 5.67. The quantitative estimate of drug-likeness (QED) is 0.265. The molecule has 0 radical (unpaired) electrons. The van der Waals surface area contributed by atoms with Gasteiger partial charge in [0.2, 0.25) is 12.7 Å². The summed E-state index contributed by atoms with van der Waals surface area (Å²) in [4.78, 5) is 19.2. The highest BCUT2D eigenvalue weighted by Gasteiger charge is 2.42. The van der Waals surface area contributed by atoms with Gasteiger partial charge in [0.05, 0.1) is 17.8 Å². The number of anilines is 2. The molecule has 1 saturated heterocycles. The van der Waals surface area contributed by atoms with E-state index in [4.69, 9.17) is 26.7 Å². The Bertz CT molecular complexity index is 1650. The maximum absolute atomic E-state index is 12.4. The molecule has 2 aromatic carbocycles. The maximum Gasteiger partial charge on any atom is 0.231 e. The van der Waals surface area contributed by atoms with E-state index in [2.05, 4.69) is 52.1 Å². The number of fused-ring (bicyclic) bond motifs is 1. The van der Waals surface area contributed by atoms with Gasteiger partial charge in [0, 0.05) is 46.6 Å². The Hall–Kier alpha value is -4.37. The molecule has 0 saturated carbocycles. The number of aromatic nitrogens is 2. The van der Waals surface area contributed by atoms with Gasteiger partial charge in [-0.05, 0) is 92.6 Å². The average molecular weight is 568 g/mol. The molecule has 2 aromatic heterocycles. The summed E-state index contributed by atoms with van der Waals surface area (Å²) in [6, 6.07) is 19.9. The van der Waals surface area contributed by atoms with E-state index in [-0.39, 0.29) is 30.7 Å². The molecule has 9 heteroatoms. The Labute approximate surface area is 245 Å². The lowest BCUT2D eigenvalue weighted by molar-refractivity contribution is -0.118. The first kappa shape index (κ1) is 26.8. The number of carbonyl (C=O) groups is 1. The minimum absolute atomic E-state index is 0.0109. The third kappa shape index (κ3) is 4.80. The number of aryl methyl sites for hydroxylation is 2. The summed E-state index contributed by atoms with van der Waals surface area (Å²) in [7, 11) is 0. The van der Waals surface area contributed by atoms with Crippen molar-refractivity contribution < 1.29 is 14.3 Å². The van der Waals surface area contributed by atoms with Gasteiger partial charge >= 0.3 is 0 Å². The summed E-state index contributed by atoms with van der Waals surface area (Å²) < 4.78 is 13.4. The zero-order valence-electron chi connectivity index (χ0n) is 23.8. The van der Waals surface area contributed by atoms with E-state index in [1.165, 1.54) is 0 Å². The van der Waals surface area contributed by atoms with Crippen molar-refractivity contribution in [2.75, 3.05) is 17.0 Å². The van der Waals surface area contributed by atoms with Gasteiger partial charge in [0.15, 0.2) is 16.6 Å². The Morgan fingerprint density at radius 2 is 1.80 bits per heavy atom. The Morgan fingerprint density at radius 3 is 2.54 bits per heavy atom. The van der Waals surface area contributed by atoms with Crippen LogP contribution in [0.15, 0.2) is 66.9 Å². The molecule has 1 amide bonds. The van der Waals surface area contributed by atoms with Crippen LogP contribution in [0.3, 0.4) is 0 Å². The molecule has 41 heavy (non-hydrogen) atoms. The first-order chi connectivity index (χ1) is 19.7. The molecular weight excluding hydrogens is 534 g/mol. The summed E-state index contributed by atoms with van der Waals surface area (Å²) in [5, 5.41) is 7.21. The first-order valence-corrected chi connectivity index (χ1v) is 14.1. The lowest BCUT2D eigenvalue weighted by atomic mass is 9.96. The standard InChI is InChI=1S/C32H33N5O3S/c1-18(2)31(38)34-25-11-9-22(14-19(25)3)37-30(29(35-32(37)41)26-8-6-7-13-33-26)24-15-20(4)36(21(24)5)23-10-12-27-28(16-23)40-17-39-27/h6-16,18,29-30H,17H2,1-5H3,(H,34,38)(H,35,41)/t29-,30-/m0/s1. The van der Waals surface area contributed by atoms with Crippen molar-refractivity contribution >= 4 is 34.6 Å². The number of ether oxygens (including phenoxy) is 2. The van der Waals surface area contributed by atoms with Crippen molar-refractivity contribution in [3.8, 4) is 17.2 Å². The number of thiocarbonyl (C=S) groups is 1. The highest BCUT2D eigenvalue weighted by molar-refractivity contribution is 7.80. The molecule has 2 atom stereocenters. The van der Waals surface area contributed by atoms with Crippen LogP contribution in [0.25, 0.3) is 5.69 Å². The molecule has 0 unspecified atom stereocenters. The SMILES string of the molecule is Cc1cc(N2C(=S)N[C@@H](c3ccccn3)[C@@H]2c2cc(C)n(-c3ccc4c(c3)OCO4)c2C)ccc1NC(=O)C(C)C. The number of rotatable bonds is 6. The van der Waals surface area contributed by atoms with E-state index in [9.17, 15) is 4.79 Å². The Morgan fingerprint density at radius 1 is 1.02 bits per heavy atom. The number of nitrogens with one attached hydrogen (secondary N) is 2. The number of hydrogen-bond acceptors (Lipinski definition) is 5. The van der Waals surface area contributed by atoms with Crippen LogP contribution in [0, 0.1) is 26.7 Å².